The molecule has 0 fully saturated rings. The third-order valence-corrected chi connectivity index (χ3v) is 1.81. The minimum Gasteiger partial charge on any atom is -0.292 e. The number of fused-ring (bicyclic) bond motifs is 1. The molecule has 2 aliphatic rings. The zero-order valence-corrected chi connectivity index (χ0v) is 6.53. The second-order valence-corrected chi connectivity index (χ2v) is 2.65. The summed E-state index contributed by atoms with van der Waals surface area (Å²) >= 11 is 0. The molecule has 3 nitrogen and oxygen atoms in total. The lowest BCUT2D eigenvalue weighted by Crippen LogP contribution is -2.18. The van der Waals surface area contributed by atoms with Crippen LogP contribution >= 0.6 is 0 Å². The molecule has 1 aliphatic heterocycles. The maximum Gasteiger partial charge on any atom is 0.183 e. The first kappa shape index (κ1) is 7.16. The first-order valence-corrected chi connectivity index (χ1v) is 3.88. The quantitative estimate of drug-likeness (QED) is 0.526. The van der Waals surface area contributed by atoms with Crippen molar-refractivity contribution in [2.24, 2.45) is 9.98 Å². The van der Waals surface area contributed by atoms with Gasteiger partial charge in [0.1, 0.15) is 5.71 Å². The highest BCUT2D eigenvalue weighted by atomic mass is 16.1. The number of aliphatic imine (C=N–C) groups is 2. The first-order chi connectivity index (χ1) is 5.88. The van der Waals surface area contributed by atoms with Crippen molar-refractivity contribution in [3.8, 4) is 0 Å². The van der Waals surface area contributed by atoms with E-state index in [1.165, 1.54) is 0 Å². The average Bonchev–Trinajstić information content (AvgIpc) is 2.30. The van der Waals surface area contributed by atoms with Gasteiger partial charge in [-0.1, -0.05) is 6.08 Å². The normalized spacial score (nSPS) is 21.2. The Balaban J connectivity index is 2.48. The fraction of sp³-hybridized carbons (Fsp3) is 0.222. The van der Waals surface area contributed by atoms with Crippen molar-refractivity contribution >= 4 is 17.7 Å². The minimum atomic E-state index is 0.0937. The summed E-state index contributed by atoms with van der Waals surface area (Å²) in [5, 5.41) is 0. The predicted molar refractivity (Wildman–Crippen MR) is 47.4 cm³/mol. The standard InChI is InChI=1S/C9H8N2O/c12-8-4-1-3-7-9(8)11-6-2-5-10-7/h2-3,5-6H,1,4H2. The van der Waals surface area contributed by atoms with Crippen LogP contribution < -0.4 is 0 Å². The molecule has 1 heterocycles. The van der Waals surface area contributed by atoms with Crippen molar-refractivity contribution in [3.63, 3.8) is 0 Å². The van der Waals surface area contributed by atoms with Gasteiger partial charge in [0.2, 0.25) is 0 Å². The molecule has 0 N–H and O–H groups in total. The molecule has 0 unspecified atom stereocenters. The van der Waals surface area contributed by atoms with E-state index in [0.29, 0.717) is 12.1 Å². The lowest BCUT2D eigenvalue weighted by Gasteiger charge is -2.08. The van der Waals surface area contributed by atoms with Gasteiger partial charge in [0.25, 0.3) is 0 Å². The van der Waals surface area contributed by atoms with Gasteiger partial charge in [0.05, 0.1) is 5.70 Å². The number of allylic oxidation sites excluding steroid dienone is 3. The topological polar surface area (TPSA) is 41.8 Å². The lowest BCUT2D eigenvalue weighted by molar-refractivity contribution is -0.113. The summed E-state index contributed by atoms with van der Waals surface area (Å²) < 4.78 is 0. The molecule has 0 aromatic carbocycles. The Morgan fingerprint density at radius 3 is 3.25 bits per heavy atom. The Morgan fingerprint density at radius 2 is 2.33 bits per heavy atom. The second-order valence-electron chi connectivity index (χ2n) is 2.65. The molecule has 3 heteroatoms. The molecule has 0 amide bonds. The predicted octanol–water partition coefficient (Wildman–Crippen LogP) is 1.27. The second kappa shape index (κ2) is 2.85. The van der Waals surface area contributed by atoms with E-state index in [1.54, 1.807) is 18.5 Å². The molecule has 0 aromatic rings. The number of Topliss-reactive ketones (excluding diaryl/α,β-unsaturated/α-hetero) is 1. The Bertz CT molecular complexity index is 334. The van der Waals surface area contributed by atoms with Crippen molar-refractivity contribution < 1.29 is 4.79 Å². The highest BCUT2D eigenvalue weighted by Gasteiger charge is 2.19. The van der Waals surface area contributed by atoms with Crippen LogP contribution in [0.1, 0.15) is 12.8 Å². The van der Waals surface area contributed by atoms with Crippen LogP contribution in [0.5, 0.6) is 0 Å². The van der Waals surface area contributed by atoms with Gasteiger partial charge >= 0.3 is 0 Å². The Hall–Kier alpha value is -1.51. The molecule has 12 heavy (non-hydrogen) atoms. The highest BCUT2D eigenvalue weighted by Crippen LogP contribution is 2.14. The van der Waals surface area contributed by atoms with Crippen LogP contribution in [-0.2, 0) is 4.79 Å². The summed E-state index contributed by atoms with van der Waals surface area (Å²) in [6, 6.07) is 0. The molecule has 0 saturated carbocycles. The number of nitrogens with zero attached hydrogens (tertiary/aromatic N) is 2. The minimum absolute atomic E-state index is 0.0937. The SMILES string of the molecule is O=C1CCC=C2N=CC=CN=C12. The van der Waals surface area contributed by atoms with E-state index >= 15 is 0 Å². The third-order valence-electron chi connectivity index (χ3n) is 1.81. The van der Waals surface area contributed by atoms with E-state index in [0.717, 1.165) is 12.1 Å². The van der Waals surface area contributed by atoms with E-state index in [1.807, 2.05) is 6.08 Å². The van der Waals surface area contributed by atoms with E-state index in [-0.39, 0.29) is 5.78 Å². The van der Waals surface area contributed by atoms with E-state index in [9.17, 15) is 4.79 Å². The highest BCUT2D eigenvalue weighted by molar-refractivity contribution is 6.47. The Kier molecular flexibility index (Phi) is 1.70. The molecule has 0 aromatic heterocycles. The molecule has 0 saturated heterocycles. The van der Waals surface area contributed by atoms with Crippen molar-refractivity contribution in [1.29, 1.82) is 0 Å². The molecule has 60 valence electrons. The summed E-state index contributed by atoms with van der Waals surface area (Å²) in [4.78, 5) is 19.4. The molecule has 0 radical (unpaired) electrons. The summed E-state index contributed by atoms with van der Waals surface area (Å²) in [5.74, 6) is 0.0937. The zero-order valence-electron chi connectivity index (χ0n) is 6.53. The van der Waals surface area contributed by atoms with Crippen LogP contribution in [0.3, 0.4) is 0 Å². The maximum atomic E-state index is 11.3. The fourth-order valence-electron chi connectivity index (χ4n) is 1.23. The number of hydrogen-bond donors (Lipinski definition) is 0. The zero-order chi connectivity index (χ0) is 8.39. The number of ketones is 1. The van der Waals surface area contributed by atoms with Gasteiger partial charge in [-0.3, -0.25) is 14.8 Å². The molecule has 1 aliphatic carbocycles. The summed E-state index contributed by atoms with van der Waals surface area (Å²) in [6.45, 7) is 0. The van der Waals surface area contributed by atoms with Gasteiger partial charge in [0.15, 0.2) is 5.78 Å². The summed E-state index contributed by atoms with van der Waals surface area (Å²) in [6.07, 6.45) is 8.27. The average molecular weight is 160 g/mol. The molecular weight excluding hydrogens is 152 g/mol. The van der Waals surface area contributed by atoms with Crippen LogP contribution in [0.4, 0.5) is 0 Å². The van der Waals surface area contributed by atoms with E-state index in [2.05, 4.69) is 9.98 Å². The van der Waals surface area contributed by atoms with Gasteiger partial charge in [-0.25, -0.2) is 0 Å². The van der Waals surface area contributed by atoms with Crippen molar-refractivity contribution in [1.82, 2.24) is 0 Å². The molecule has 0 atom stereocenters. The van der Waals surface area contributed by atoms with Crippen LogP contribution in [0, 0.1) is 0 Å². The summed E-state index contributed by atoms with van der Waals surface area (Å²) in [5.41, 5.74) is 1.22. The van der Waals surface area contributed by atoms with Gasteiger partial charge < -0.3 is 0 Å². The van der Waals surface area contributed by atoms with Crippen molar-refractivity contribution in [2.45, 2.75) is 12.8 Å². The van der Waals surface area contributed by atoms with Gasteiger partial charge in [0, 0.05) is 18.8 Å². The van der Waals surface area contributed by atoms with Crippen LogP contribution in [0.2, 0.25) is 0 Å². The smallest absolute Gasteiger partial charge is 0.183 e. The Labute approximate surface area is 70.2 Å². The van der Waals surface area contributed by atoms with E-state index < -0.39 is 0 Å². The molecular formula is C9H8N2O. The van der Waals surface area contributed by atoms with Gasteiger partial charge in [-0.2, -0.15) is 0 Å². The third kappa shape index (κ3) is 1.13. The number of carbonyl (C=O) groups is 1. The van der Waals surface area contributed by atoms with Crippen LogP contribution in [0.15, 0.2) is 34.0 Å². The molecule has 2 rings (SSSR count). The lowest BCUT2D eigenvalue weighted by atomic mass is 10.0. The van der Waals surface area contributed by atoms with Crippen LogP contribution in [0.25, 0.3) is 0 Å². The molecule has 0 bridgehead atoms. The van der Waals surface area contributed by atoms with Gasteiger partial charge in [-0.05, 0) is 12.5 Å². The number of carbonyl (C=O) groups excluding carboxylic acids is 1. The molecule has 0 spiro atoms. The van der Waals surface area contributed by atoms with Crippen molar-refractivity contribution in [3.05, 3.63) is 24.0 Å². The maximum absolute atomic E-state index is 11.3. The monoisotopic (exact) mass is 160 g/mol. The fourth-order valence-corrected chi connectivity index (χ4v) is 1.23. The van der Waals surface area contributed by atoms with E-state index in [4.69, 9.17) is 0 Å². The largest absolute Gasteiger partial charge is 0.292 e. The van der Waals surface area contributed by atoms with Crippen molar-refractivity contribution in [2.75, 3.05) is 0 Å². The van der Waals surface area contributed by atoms with Crippen LogP contribution in [-0.4, -0.2) is 17.7 Å². The summed E-state index contributed by atoms with van der Waals surface area (Å²) in [7, 11) is 0. The van der Waals surface area contributed by atoms with Gasteiger partial charge in [-0.15, -0.1) is 0 Å². The first-order valence-electron chi connectivity index (χ1n) is 3.88. The number of hydrogen-bond acceptors (Lipinski definition) is 3. The Morgan fingerprint density at radius 1 is 1.42 bits per heavy atom. The number of rotatable bonds is 0.